The predicted molar refractivity (Wildman–Crippen MR) is 151 cm³/mol. The van der Waals surface area contributed by atoms with Gasteiger partial charge in [-0.2, -0.15) is 0 Å². The van der Waals surface area contributed by atoms with E-state index in [0.717, 1.165) is 22.2 Å². The Labute approximate surface area is 229 Å². The summed E-state index contributed by atoms with van der Waals surface area (Å²) in [5.41, 5.74) is 2.80. The van der Waals surface area contributed by atoms with Crippen LogP contribution in [0.1, 0.15) is 59.6 Å². The van der Waals surface area contributed by atoms with Crippen molar-refractivity contribution >= 4 is 24.3 Å². The zero-order chi connectivity index (χ0) is 28.8. The average Bonchev–Trinajstić information content (AvgIpc) is 3.05. The molecule has 1 aliphatic rings. The van der Waals surface area contributed by atoms with E-state index >= 15 is 0 Å². The first-order valence-electron chi connectivity index (χ1n) is 13.2. The Balaban J connectivity index is 1.64. The fourth-order valence-corrected chi connectivity index (χ4v) is 4.47. The van der Waals surface area contributed by atoms with Gasteiger partial charge in [0.05, 0.1) is 29.9 Å². The third kappa shape index (κ3) is 5.88. The van der Waals surface area contributed by atoms with Gasteiger partial charge in [0, 0.05) is 18.9 Å². The number of aromatic nitrogens is 2. The Bertz CT molecular complexity index is 1430. The molecule has 4 rings (SSSR count). The van der Waals surface area contributed by atoms with Gasteiger partial charge in [-0.1, -0.05) is 18.2 Å². The minimum Gasteiger partial charge on any atom is -0.444 e. The molecule has 1 aromatic carbocycles. The van der Waals surface area contributed by atoms with Gasteiger partial charge in [0.25, 0.3) is 5.56 Å². The van der Waals surface area contributed by atoms with Crippen LogP contribution in [0.15, 0.2) is 47.5 Å². The van der Waals surface area contributed by atoms with Gasteiger partial charge in [-0.05, 0) is 89.7 Å². The summed E-state index contributed by atoms with van der Waals surface area (Å²) in [5, 5.41) is 9.44. The highest BCUT2D eigenvalue weighted by Crippen LogP contribution is 2.37. The Morgan fingerprint density at radius 3 is 2.44 bits per heavy atom. The zero-order valence-electron chi connectivity index (χ0n) is 24.1. The maximum atomic E-state index is 13.3. The number of pyridine rings is 1. The molecule has 2 aromatic heterocycles. The van der Waals surface area contributed by atoms with Gasteiger partial charge in [-0.15, -0.1) is 0 Å². The molecule has 3 aromatic rings. The number of ether oxygens (including phenoxy) is 1. The quantitative estimate of drug-likeness (QED) is 0.481. The van der Waals surface area contributed by atoms with Crippen LogP contribution < -0.4 is 11.0 Å². The van der Waals surface area contributed by atoms with Gasteiger partial charge in [0.2, 0.25) is 0 Å². The fourth-order valence-electron chi connectivity index (χ4n) is 4.47. The lowest BCUT2D eigenvalue weighted by molar-refractivity contribution is 0.00578. The molecule has 3 heterocycles. The number of rotatable bonds is 6. The number of nitrogens with zero attached hydrogens (tertiary/aromatic N) is 3. The molecule has 0 radical (unpaired) electrons. The Kier molecular flexibility index (Phi) is 7.68. The van der Waals surface area contributed by atoms with Crippen molar-refractivity contribution in [3.63, 3.8) is 0 Å². The van der Waals surface area contributed by atoms with E-state index in [1.54, 1.807) is 27.0 Å². The van der Waals surface area contributed by atoms with E-state index in [1.807, 2.05) is 65.0 Å². The number of carbonyl (C=O) groups is 1. The molecule has 0 bridgehead atoms. The zero-order valence-corrected chi connectivity index (χ0v) is 24.1. The van der Waals surface area contributed by atoms with Gasteiger partial charge in [0.1, 0.15) is 11.2 Å². The van der Waals surface area contributed by atoms with E-state index < -0.39 is 30.0 Å². The molecule has 0 spiro atoms. The van der Waals surface area contributed by atoms with Crippen LogP contribution in [-0.4, -0.2) is 62.6 Å². The number of carbonyl (C=O) groups excluding carboxylic acids is 1. The van der Waals surface area contributed by atoms with Crippen molar-refractivity contribution in [2.45, 2.75) is 78.7 Å². The Morgan fingerprint density at radius 1 is 1.15 bits per heavy atom. The molecule has 39 heavy (non-hydrogen) atoms. The van der Waals surface area contributed by atoms with Crippen molar-refractivity contribution in [3.8, 4) is 11.1 Å². The van der Waals surface area contributed by atoms with Crippen LogP contribution >= 0.6 is 0 Å². The molecule has 208 valence electrons. The van der Waals surface area contributed by atoms with E-state index in [1.165, 1.54) is 15.5 Å². The summed E-state index contributed by atoms with van der Waals surface area (Å²) < 4.78 is 19.4. The summed E-state index contributed by atoms with van der Waals surface area (Å²) in [5.74, 6) is 0. The smallest absolute Gasteiger partial charge is 0.444 e. The molecule has 0 unspecified atom stereocenters. The first-order valence-corrected chi connectivity index (χ1v) is 13.2. The molecule has 1 saturated heterocycles. The first-order chi connectivity index (χ1) is 18.1. The second-order valence-electron chi connectivity index (χ2n) is 12.0. The lowest BCUT2D eigenvalue weighted by atomic mass is 9.74. The maximum absolute atomic E-state index is 13.3. The van der Waals surface area contributed by atoms with Gasteiger partial charge in [-0.25, -0.2) is 9.78 Å². The lowest BCUT2D eigenvalue weighted by Gasteiger charge is -2.32. The van der Waals surface area contributed by atoms with E-state index in [4.69, 9.17) is 14.0 Å². The largest absolute Gasteiger partial charge is 0.495 e. The fraction of sp³-hybridized carbons (Fsp3) is 0.483. The molecule has 10 heteroatoms. The van der Waals surface area contributed by atoms with Crippen LogP contribution in [-0.2, 0) is 20.6 Å². The van der Waals surface area contributed by atoms with Crippen molar-refractivity contribution in [1.82, 2.24) is 14.3 Å². The van der Waals surface area contributed by atoms with Crippen LogP contribution in [0.25, 0.3) is 16.8 Å². The predicted octanol–water partition coefficient (Wildman–Crippen LogP) is 3.70. The summed E-state index contributed by atoms with van der Waals surface area (Å²) in [4.78, 5) is 31.7. The minimum atomic E-state index is -0.699. The summed E-state index contributed by atoms with van der Waals surface area (Å²) in [7, 11) is -0.481. The van der Waals surface area contributed by atoms with Crippen molar-refractivity contribution in [2.24, 2.45) is 0 Å². The molecule has 0 atom stereocenters. The SMILES string of the molecule is Cc1c(B2OC(C)(C)C(C)(C)O2)cccc1-c1ccn2c(=O)c(CN(CCO)C(=O)OC(C)(C)C)cnc2c1. The molecule has 1 amide bonds. The molecule has 9 nitrogen and oxygen atoms in total. The standard InChI is InChI=1S/C29H38BN3O6/c1-19-22(10-9-11-23(19)30-38-28(5,6)29(7,8)39-30)20-12-13-33-24(16-20)31-17-21(25(33)35)18-32(14-15-34)26(36)37-27(2,3)4/h9-13,16-17,34H,14-15,18H2,1-8H3. The van der Waals surface area contributed by atoms with Crippen molar-refractivity contribution in [2.75, 3.05) is 13.2 Å². The van der Waals surface area contributed by atoms with Crippen LogP contribution in [0.5, 0.6) is 0 Å². The first kappa shape index (κ1) is 28.8. The lowest BCUT2D eigenvalue weighted by Crippen LogP contribution is -2.41. The average molecular weight is 535 g/mol. The topological polar surface area (TPSA) is 103 Å². The highest BCUT2D eigenvalue weighted by Gasteiger charge is 2.52. The van der Waals surface area contributed by atoms with Gasteiger partial charge in [0.15, 0.2) is 0 Å². The van der Waals surface area contributed by atoms with Crippen molar-refractivity contribution < 1.29 is 23.9 Å². The summed E-state index contributed by atoms with van der Waals surface area (Å²) >= 11 is 0. The summed E-state index contributed by atoms with van der Waals surface area (Å²) in [6, 6.07) is 9.74. The number of hydrogen-bond acceptors (Lipinski definition) is 7. The Hall–Kier alpha value is -3.21. The van der Waals surface area contributed by atoms with Crippen molar-refractivity contribution in [1.29, 1.82) is 0 Å². The highest BCUT2D eigenvalue weighted by atomic mass is 16.7. The van der Waals surface area contributed by atoms with Crippen LogP contribution in [0.3, 0.4) is 0 Å². The molecule has 1 fully saturated rings. The molecule has 1 N–H and O–H groups in total. The van der Waals surface area contributed by atoms with E-state index in [-0.39, 0.29) is 25.3 Å². The normalized spacial score (nSPS) is 16.5. The highest BCUT2D eigenvalue weighted by molar-refractivity contribution is 6.62. The molecular weight excluding hydrogens is 497 g/mol. The Morgan fingerprint density at radius 2 is 1.82 bits per heavy atom. The molecular formula is C29H38BN3O6. The third-order valence-corrected chi connectivity index (χ3v) is 7.36. The second kappa shape index (κ2) is 10.4. The second-order valence-corrected chi connectivity index (χ2v) is 12.0. The number of amides is 1. The van der Waals surface area contributed by atoms with Crippen LogP contribution in [0, 0.1) is 6.92 Å². The number of aliphatic hydroxyl groups excluding tert-OH is 1. The van der Waals surface area contributed by atoms with Crippen molar-refractivity contribution in [3.05, 3.63) is 64.2 Å². The van der Waals surface area contributed by atoms with Crippen LogP contribution in [0.4, 0.5) is 4.79 Å². The number of fused-ring (bicyclic) bond motifs is 1. The third-order valence-electron chi connectivity index (χ3n) is 7.36. The number of hydrogen-bond donors (Lipinski definition) is 1. The maximum Gasteiger partial charge on any atom is 0.495 e. The van der Waals surface area contributed by atoms with E-state index in [0.29, 0.717) is 11.2 Å². The molecule has 0 saturated carbocycles. The number of aliphatic hydroxyl groups is 1. The summed E-state index contributed by atoms with van der Waals surface area (Å²) in [6.07, 6.45) is 2.56. The van der Waals surface area contributed by atoms with Gasteiger partial charge in [-0.3, -0.25) is 9.20 Å². The van der Waals surface area contributed by atoms with Crippen LogP contribution in [0.2, 0.25) is 0 Å². The van der Waals surface area contributed by atoms with Gasteiger partial charge >= 0.3 is 13.2 Å². The molecule has 0 aliphatic carbocycles. The monoisotopic (exact) mass is 535 g/mol. The van der Waals surface area contributed by atoms with Gasteiger partial charge < -0.3 is 24.1 Å². The van der Waals surface area contributed by atoms with E-state index in [2.05, 4.69) is 4.98 Å². The molecule has 1 aliphatic heterocycles. The van der Waals surface area contributed by atoms with E-state index in [9.17, 15) is 14.7 Å². The number of benzene rings is 1. The summed E-state index contributed by atoms with van der Waals surface area (Å²) in [6.45, 7) is 15.2. The minimum absolute atomic E-state index is 0.0266.